The van der Waals surface area contributed by atoms with Crippen molar-refractivity contribution < 1.29 is 34.5 Å². The Bertz CT molecular complexity index is 1190. The quantitative estimate of drug-likeness (QED) is 0.409. The number of hydrogen-bond donors (Lipinski definition) is 3. The van der Waals surface area contributed by atoms with Crippen LogP contribution in [0.5, 0.6) is 11.5 Å². The van der Waals surface area contributed by atoms with Crippen LogP contribution in [0.15, 0.2) is 36.4 Å². The molecular weight excluding hydrogens is 523 g/mol. The molecule has 9 heteroatoms. The molecule has 0 radical (unpaired) electrons. The number of piperidine rings is 1. The van der Waals surface area contributed by atoms with Crippen molar-refractivity contribution >= 4 is 11.8 Å². The number of nitrogens with zero attached hydrogens (tertiary/aromatic N) is 1. The standard InChI is InChI=1S/C32H43FN4O4/c33-25-16-22(20-36-31(38)8-12-34)17-28(19-25)40-26-10-14-37(15-11-26)32(39)24-6-7-30(41-27-9-13-35-21-27)29(18-24)23-4-2-1-3-5-23/h6-7,16-19,23,26-27,35H,1-5,8-15,20-21,34H2,(H,36,38)/p+2/t27-/m0/s1. The zero-order chi connectivity index (χ0) is 28.6. The van der Waals surface area contributed by atoms with E-state index in [0.29, 0.717) is 56.1 Å². The second kappa shape index (κ2) is 14.1. The SMILES string of the molecule is [NH3+]CCC(=O)NCc1cc(F)cc(OC2CCN(C(=O)c3ccc(O[C@H]4CC[NH2+]C4)c(C4CCCCC4)c3)CC2)c1. The molecule has 3 aliphatic rings. The van der Waals surface area contributed by atoms with E-state index in [4.69, 9.17) is 9.47 Å². The van der Waals surface area contributed by atoms with Crippen molar-refractivity contribution in [2.45, 2.75) is 82.5 Å². The first-order chi connectivity index (χ1) is 20.0. The van der Waals surface area contributed by atoms with E-state index in [-0.39, 0.29) is 30.6 Å². The Morgan fingerprint density at radius 2 is 1.78 bits per heavy atom. The van der Waals surface area contributed by atoms with Crippen LogP contribution >= 0.6 is 0 Å². The van der Waals surface area contributed by atoms with E-state index in [1.807, 2.05) is 17.0 Å². The smallest absolute Gasteiger partial charge is 0.253 e. The van der Waals surface area contributed by atoms with Gasteiger partial charge >= 0.3 is 0 Å². The number of carbonyl (C=O) groups excluding carboxylic acids is 2. The summed E-state index contributed by atoms with van der Waals surface area (Å²) in [6, 6.07) is 10.6. The summed E-state index contributed by atoms with van der Waals surface area (Å²) in [7, 11) is 0. The number of ether oxygens (including phenoxy) is 2. The van der Waals surface area contributed by atoms with Gasteiger partial charge in [0.1, 0.15) is 30.0 Å². The fraction of sp³-hybridized carbons (Fsp3) is 0.562. The molecule has 2 heterocycles. The van der Waals surface area contributed by atoms with Gasteiger partial charge in [0.2, 0.25) is 5.91 Å². The van der Waals surface area contributed by atoms with Gasteiger partial charge in [-0.15, -0.1) is 0 Å². The van der Waals surface area contributed by atoms with Gasteiger partial charge in [0, 0.05) is 50.5 Å². The number of carbonyl (C=O) groups is 2. The lowest BCUT2D eigenvalue weighted by Gasteiger charge is -2.33. The number of quaternary nitrogens is 2. The minimum Gasteiger partial charge on any atom is -0.490 e. The molecule has 41 heavy (non-hydrogen) atoms. The predicted octanol–water partition coefficient (Wildman–Crippen LogP) is 2.52. The minimum absolute atomic E-state index is 0.0484. The van der Waals surface area contributed by atoms with Gasteiger partial charge in [-0.25, -0.2) is 4.39 Å². The fourth-order valence-electron chi connectivity index (χ4n) is 6.33. The van der Waals surface area contributed by atoms with E-state index in [9.17, 15) is 14.0 Å². The van der Waals surface area contributed by atoms with Crippen LogP contribution < -0.4 is 25.8 Å². The molecule has 1 aliphatic carbocycles. The normalized spacial score (nSPS) is 20.1. The molecule has 3 fully saturated rings. The topological polar surface area (TPSA) is 112 Å². The fourth-order valence-corrected chi connectivity index (χ4v) is 6.33. The summed E-state index contributed by atoms with van der Waals surface area (Å²) in [5.41, 5.74) is 6.26. The zero-order valence-electron chi connectivity index (χ0n) is 24.0. The highest BCUT2D eigenvalue weighted by Gasteiger charge is 2.28. The van der Waals surface area contributed by atoms with E-state index >= 15 is 0 Å². The molecule has 2 aromatic rings. The molecule has 0 unspecified atom stereocenters. The number of nitrogens with two attached hydrogens (primary N) is 1. The largest absolute Gasteiger partial charge is 0.490 e. The van der Waals surface area contributed by atoms with Crippen LogP contribution in [0.1, 0.15) is 85.2 Å². The molecule has 2 amide bonds. The first-order valence-electron chi connectivity index (χ1n) is 15.4. The summed E-state index contributed by atoms with van der Waals surface area (Å²) in [4.78, 5) is 27.2. The van der Waals surface area contributed by atoms with Crippen molar-refractivity contribution in [2.75, 3.05) is 32.7 Å². The van der Waals surface area contributed by atoms with Crippen LogP contribution in [0.2, 0.25) is 0 Å². The Morgan fingerprint density at radius 1 is 0.976 bits per heavy atom. The molecule has 2 aliphatic heterocycles. The first-order valence-corrected chi connectivity index (χ1v) is 15.4. The Morgan fingerprint density at radius 3 is 2.51 bits per heavy atom. The van der Waals surface area contributed by atoms with Gasteiger partial charge < -0.3 is 30.7 Å². The Labute approximate surface area is 242 Å². The van der Waals surface area contributed by atoms with Crippen LogP contribution in [0.25, 0.3) is 0 Å². The highest BCUT2D eigenvalue weighted by molar-refractivity contribution is 5.94. The van der Waals surface area contributed by atoms with E-state index in [1.165, 1.54) is 37.0 Å². The van der Waals surface area contributed by atoms with Crippen LogP contribution in [0, 0.1) is 5.82 Å². The van der Waals surface area contributed by atoms with E-state index in [0.717, 1.165) is 43.7 Å². The van der Waals surface area contributed by atoms with Crippen molar-refractivity contribution in [1.29, 1.82) is 0 Å². The third kappa shape index (κ3) is 7.98. The summed E-state index contributed by atoms with van der Waals surface area (Å²) in [5, 5.41) is 5.08. The predicted molar refractivity (Wildman–Crippen MR) is 153 cm³/mol. The van der Waals surface area contributed by atoms with Gasteiger partial charge in [-0.3, -0.25) is 9.59 Å². The van der Waals surface area contributed by atoms with Crippen LogP contribution in [0.4, 0.5) is 4.39 Å². The summed E-state index contributed by atoms with van der Waals surface area (Å²) in [6.07, 6.45) is 8.92. The van der Waals surface area contributed by atoms with Crippen molar-refractivity contribution in [2.24, 2.45) is 0 Å². The van der Waals surface area contributed by atoms with Crippen LogP contribution in [0.3, 0.4) is 0 Å². The average molecular weight is 569 g/mol. The molecule has 8 nitrogen and oxygen atoms in total. The second-order valence-corrected chi connectivity index (χ2v) is 11.7. The number of halogens is 1. The third-order valence-corrected chi connectivity index (χ3v) is 8.57. The molecule has 1 atom stereocenters. The van der Waals surface area contributed by atoms with Gasteiger partial charge in [-0.05, 0) is 60.2 Å². The molecule has 0 aromatic heterocycles. The lowest BCUT2D eigenvalue weighted by Crippen LogP contribution is -2.81. The van der Waals surface area contributed by atoms with Crippen LogP contribution in [-0.4, -0.2) is 61.6 Å². The molecular formula is C32H45FN4O4+2. The number of rotatable bonds is 10. The van der Waals surface area contributed by atoms with E-state index < -0.39 is 5.82 Å². The molecule has 0 bridgehead atoms. The third-order valence-electron chi connectivity index (χ3n) is 8.57. The van der Waals surface area contributed by atoms with Crippen molar-refractivity contribution in [1.82, 2.24) is 10.2 Å². The lowest BCUT2D eigenvalue weighted by molar-refractivity contribution is -0.638. The van der Waals surface area contributed by atoms with Crippen molar-refractivity contribution in [3.05, 3.63) is 58.9 Å². The highest BCUT2D eigenvalue weighted by atomic mass is 19.1. The maximum atomic E-state index is 14.3. The molecule has 222 valence electrons. The van der Waals surface area contributed by atoms with Gasteiger partial charge in [0.05, 0.1) is 19.5 Å². The summed E-state index contributed by atoms with van der Waals surface area (Å²) < 4.78 is 26.8. The average Bonchev–Trinajstić information content (AvgIpc) is 3.50. The van der Waals surface area contributed by atoms with Gasteiger partial charge in [-0.2, -0.15) is 0 Å². The maximum absolute atomic E-state index is 14.3. The monoisotopic (exact) mass is 568 g/mol. The zero-order valence-corrected chi connectivity index (χ0v) is 24.0. The van der Waals surface area contributed by atoms with Gasteiger partial charge in [0.15, 0.2) is 6.10 Å². The molecule has 2 aromatic carbocycles. The van der Waals surface area contributed by atoms with Gasteiger partial charge in [0.25, 0.3) is 5.91 Å². The number of hydrogen-bond acceptors (Lipinski definition) is 4. The number of benzene rings is 2. The Balaban J connectivity index is 1.19. The maximum Gasteiger partial charge on any atom is 0.253 e. The number of amides is 2. The lowest BCUT2D eigenvalue weighted by atomic mass is 9.83. The summed E-state index contributed by atoms with van der Waals surface area (Å²) in [6.45, 7) is 4.03. The first kappa shape index (κ1) is 29.3. The molecule has 5 rings (SSSR count). The Kier molecular flexibility index (Phi) is 10.1. The van der Waals surface area contributed by atoms with Crippen LogP contribution in [-0.2, 0) is 11.3 Å². The van der Waals surface area contributed by atoms with E-state index in [2.05, 4.69) is 22.4 Å². The number of likely N-dealkylation sites (tertiary alicyclic amines) is 1. The Hall–Kier alpha value is -3.17. The highest BCUT2D eigenvalue weighted by Crippen LogP contribution is 2.39. The second-order valence-electron chi connectivity index (χ2n) is 11.7. The number of nitrogens with one attached hydrogen (secondary N) is 1. The summed E-state index contributed by atoms with van der Waals surface area (Å²) >= 11 is 0. The van der Waals surface area contributed by atoms with Gasteiger partial charge in [-0.1, -0.05) is 19.3 Å². The summed E-state index contributed by atoms with van der Waals surface area (Å²) in [5.74, 6) is 1.39. The molecule has 2 saturated heterocycles. The molecule has 0 spiro atoms. The van der Waals surface area contributed by atoms with Crippen molar-refractivity contribution in [3.8, 4) is 11.5 Å². The molecule has 6 N–H and O–H groups in total. The van der Waals surface area contributed by atoms with Crippen molar-refractivity contribution in [3.63, 3.8) is 0 Å². The minimum atomic E-state index is -0.399. The van der Waals surface area contributed by atoms with E-state index in [1.54, 1.807) is 6.07 Å². The molecule has 1 saturated carbocycles.